The number of nitriles is 1. The molecule has 0 N–H and O–H groups in total. The fourth-order valence-electron chi connectivity index (χ4n) is 3.69. The fraction of sp³-hybridized carbons (Fsp3) is 0.194. The fourth-order valence-corrected chi connectivity index (χ4v) is 4.04. The summed E-state index contributed by atoms with van der Waals surface area (Å²) < 4.78 is 4.66. The summed E-state index contributed by atoms with van der Waals surface area (Å²) in [6, 6.07) is 17.4. The van der Waals surface area contributed by atoms with Crippen LogP contribution in [-0.2, 0) is 0 Å². The summed E-state index contributed by atoms with van der Waals surface area (Å²) >= 11 is 3.33. The predicted octanol–water partition coefficient (Wildman–Crippen LogP) is 8.28. The number of hydrogen-bond donors (Lipinski definition) is 0. The molecule has 0 radical (unpaired) electrons. The first-order valence-corrected chi connectivity index (χ1v) is 15.2. The first-order chi connectivity index (χ1) is 23.1. The van der Waals surface area contributed by atoms with Crippen LogP contribution in [0, 0.1) is 48.7 Å². The van der Waals surface area contributed by atoms with Crippen molar-refractivity contribution in [1.82, 2.24) is 39.5 Å². The molecule has 0 bridgehead atoms. The Morgan fingerprint density at radius 1 is 0.750 bits per heavy atom. The maximum Gasteiger partial charge on any atom is 0.288 e. The van der Waals surface area contributed by atoms with Gasteiger partial charge in [0, 0.05) is 53.6 Å². The number of terminal acetylenes is 1. The Hall–Kier alpha value is -6.39. The predicted molar refractivity (Wildman–Crippen MR) is 190 cm³/mol. The van der Waals surface area contributed by atoms with Gasteiger partial charge in [0.25, 0.3) is 11.6 Å². The third-order valence-corrected chi connectivity index (χ3v) is 6.50. The van der Waals surface area contributed by atoms with Crippen molar-refractivity contribution in [3.8, 4) is 30.3 Å². The van der Waals surface area contributed by atoms with Gasteiger partial charge in [0.2, 0.25) is 0 Å². The first kappa shape index (κ1) is 36.1. The van der Waals surface area contributed by atoms with E-state index in [1.54, 1.807) is 6.07 Å². The highest BCUT2D eigenvalue weighted by molar-refractivity contribution is 9.10. The van der Waals surface area contributed by atoms with Crippen molar-refractivity contribution < 1.29 is 0 Å². The van der Waals surface area contributed by atoms with Gasteiger partial charge in [-0.25, -0.2) is 0 Å². The van der Waals surface area contributed by atoms with Crippen molar-refractivity contribution in [2.75, 3.05) is 0 Å². The van der Waals surface area contributed by atoms with Crippen LogP contribution in [0.5, 0.6) is 0 Å². The highest BCUT2D eigenvalue weighted by Crippen LogP contribution is 2.19. The van der Waals surface area contributed by atoms with E-state index in [-0.39, 0.29) is 5.82 Å². The van der Waals surface area contributed by atoms with Crippen molar-refractivity contribution in [2.45, 2.75) is 46.7 Å². The van der Waals surface area contributed by atoms with E-state index >= 15 is 0 Å². The summed E-state index contributed by atoms with van der Waals surface area (Å²) in [6.07, 6.45) is 11.9. The lowest BCUT2D eigenvalue weighted by Gasteiger charge is -2.02. The molecule has 6 rings (SSSR count). The zero-order valence-corrected chi connectivity index (χ0v) is 28.5. The van der Waals surface area contributed by atoms with Gasteiger partial charge < -0.3 is 9.69 Å². The maximum atomic E-state index is 7.32. The molecule has 6 aromatic rings. The van der Waals surface area contributed by atoms with Gasteiger partial charge in [0.05, 0.1) is 18.5 Å². The molecule has 48 heavy (non-hydrogen) atoms. The lowest BCUT2D eigenvalue weighted by Crippen LogP contribution is -2.00. The van der Waals surface area contributed by atoms with E-state index in [2.05, 4.69) is 101 Å². The van der Waals surface area contributed by atoms with Crippen LogP contribution in [0.3, 0.4) is 0 Å². The number of fused-ring (bicyclic) bond motifs is 2. The molecule has 0 unspecified atom stereocenters. The van der Waals surface area contributed by atoms with Crippen LogP contribution in [0.15, 0.2) is 77.8 Å². The molecular formula is C36H30BrN11. The lowest BCUT2D eigenvalue weighted by atomic mass is 10.2. The molecule has 0 saturated carbocycles. The van der Waals surface area contributed by atoms with Crippen LogP contribution >= 0.6 is 15.9 Å². The molecule has 236 valence electrons. The molecule has 0 aliphatic carbocycles. The molecule has 4 heterocycles. The minimum atomic E-state index is 0.285. The summed E-state index contributed by atoms with van der Waals surface area (Å²) in [5.41, 5.74) is 5.22. The lowest BCUT2D eigenvalue weighted by molar-refractivity contribution is 0.531. The van der Waals surface area contributed by atoms with Crippen LogP contribution < -0.4 is 0 Å². The van der Waals surface area contributed by atoms with Gasteiger partial charge in [-0.05, 0) is 75.9 Å². The Balaban J connectivity index is 0.000000204. The van der Waals surface area contributed by atoms with Gasteiger partial charge in [0.1, 0.15) is 22.4 Å². The average Bonchev–Trinajstić information content (AvgIpc) is 3.78. The largest absolute Gasteiger partial charge is 0.359 e. The zero-order valence-electron chi connectivity index (χ0n) is 27.0. The second-order valence-electron chi connectivity index (χ2n) is 10.2. The Morgan fingerprint density at radius 3 is 1.73 bits per heavy atom. The van der Waals surface area contributed by atoms with E-state index in [4.69, 9.17) is 24.8 Å². The Kier molecular flexibility index (Phi) is 13.5. The van der Waals surface area contributed by atoms with E-state index in [1.807, 2.05) is 70.3 Å². The van der Waals surface area contributed by atoms with Crippen molar-refractivity contribution in [1.29, 1.82) is 5.26 Å². The van der Waals surface area contributed by atoms with Crippen molar-refractivity contribution in [3.63, 3.8) is 0 Å². The van der Waals surface area contributed by atoms with Crippen LogP contribution in [0.1, 0.15) is 63.7 Å². The molecule has 0 saturated heterocycles. The number of benzene rings is 2. The van der Waals surface area contributed by atoms with E-state index in [0.717, 1.165) is 32.3 Å². The third kappa shape index (κ3) is 10.6. The van der Waals surface area contributed by atoms with Crippen LogP contribution in [0.4, 0.5) is 11.6 Å². The van der Waals surface area contributed by atoms with Gasteiger partial charge >= 0.3 is 0 Å². The molecule has 0 spiro atoms. The standard InChI is InChI=1S/C17H13N5.C9H4BrN3.C8H10N2.C2H3N/c1-12(2)22-9-8-14(21-22)6-4-13-5-7-15-16(10-13)20-17(18-3)11-19-15;1-11-9-5-12-7-3-2-6(10)4-8(7)13-9;1-4-8-5-6-10(9-8)7(2)3;1-2-3/h5,7-12H,1-2H3;2-5H;1,5-7H,2-3H3;1H3. The zero-order chi connectivity index (χ0) is 35.1. The molecule has 11 nitrogen and oxygen atoms in total. The summed E-state index contributed by atoms with van der Waals surface area (Å²) in [5.74, 6) is 9.19. The second-order valence-corrected chi connectivity index (χ2v) is 11.1. The summed E-state index contributed by atoms with van der Waals surface area (Å²) in [7, 11) is 0. The first-order valence-electron chi connectivity index (χ1n) is 14.4. The molecule has 12 heteroatoms. The number of hydrogen-bond acceptors (Lipinski definition) is 7. The van der Waals surface area contributed by atoms with Crippen LogP contribution in [0.2, 0.25) is 0 Å². The molecular weight excluding hydrogens is 666 g/mol. The third-order valence-electron chi connectivity index (χ3n) is 6.01. The second kappa shape index (κ2) is 17.9. The van der Waals surface area contributed by atoms with E-state index in [0.29, 0.717) is 29.1 Å². The number of nitrogens with zero attached hydrogens (tertiary/aromatic N) is 11. The van der Waals surface area contributed by atoms with E-state index < -0.39 is 0 Å². The monoisotopic (exact) mass is 695 g/mol. The topological polar surface area (TPSA) is 120 Å². The van der Waals surface area contributed by atoms with Crippen molar-refractivity contribution in [2.24, 2.45) is 0 Å². The highest BCUT2D eigenvalue weighted by atomic mass is 79.9. The van der Waals surface area contributed by atoms with Gasteiger partial charge in [-0.1, -0.05) is 35.0 Å². The van der Waals surface area contributed by atoms with Gasteiger partial charge in [-0.15, -0.1) is 16.4 Å². The van der Waals surface area contributed by atoms with Crippen molar-refractivity contribution >= 4 is 49.6 Å². The summed E-state index contributed by atoms with van der Waals surface area (Å²) in [6.45, 7) is 23.5. The van der Waals surface area contributed by atoms with E-state index in [1.165, 1.54) is 19.3 Å². The molecule has 0 aliphatic rings. The Labute approximate surface area is 288 Å². The van der Waals surface area contributed by atoms with Crippen molar-refractivity contribution in [3.05, 3.63) is 118 Å². The summed E-state index contributed by atoms with van der Waals surface area (Å²) in [4.78, 5) is 23.1. The number of aromatic nitrogens is 8. The minimum Gasteiger partial charge on any atom is -0.359 e. The molecule has 4 aromatic heterocycles. The summed E-state index contributed by atoms with van der Waals surface area (Å²) in [5, 5.41) is 15.8. The van der Waals surface area contributed by atoms with Gasteiger partial charge in [-0.3, -0.25) is 19.3 Å². The van der Waals surface area contributed by atoms with E-state index in [9.17, 15) is 0 Å². The number of rotatable bonds is 2. The highest BCUT2D eigenvalue weighted by Gasteiger charge is 2.04. The molecule has 0 fully saturated rings. The normalized spacial score (nSPS) is 9.58. The smallest absolute Gasteiger partial charge is 0.288 e. The SMILES string of the molecule is C#Cc1ccn(C(C)C)n1.CC#N.[C-]#[N+]c1cnc2ccc(Br)cc2n1.[C-]#[N+]c1cnc2ccc(C#Cc3ccn(C(C)C)n3)cc2n1. The van der Waals surface area contributed by atoms with Gasteiger partial charge in [0.15, 0.2) is 11.0 Å². The molecule has 0 amide bonds. The number of halogens is 1. The van der Waals surface area contributed by atoms with Crippen LogP contribution in [-0.4, -0.2) is 39.5 Å². The molecule has 0 atom stereocenters. The Bertz CT molecular complexity index is 2240. The van der Waals surface area contributed by atoms with Gasteiger partial charge in [-0.2, -0.15) is 15.5 Å². The minimum absolute atomic E-state index is 0.285. The maximum absolute atomic E-state index is 7.32. The average molecular weight is 697 g/mol. The van der Waals surface area contributed by atoms with Crippen LogP contribution in [0.25, 0.3) is 31.8 Å². The quantitative estimate of drug-likeness (QED) is 0.132. The Morgan fingerprint density at radius 2 is 1.25 bits per heavy atom. The molecule has 0 aliphatic heterocycles. The molecule has 2 aromatic carbocycles.